The Morgan fingerprint density at radius 1 is 1.25 bits per heavy atom. The zero-order chi connectivity index (χ0) is 6.85. The second-order valence-corrected chi connectivity index (χ2v) is 2.52. The van der Waals surface area contributed by atoms with Gasteiger partial charge in [-0.3, -0.25) is 0 Å². The monoisotopic (exact) mass is 115 g/mol. The molecule has 1 saturated carbocycles. The van der Waals surface area contributed by atoms with E-state index in [1.807, 2.05) is 0 Å². The van der Waals surface area contributed by atoms with E-state index < -0.39 is 0 Å². The van der Waals surface area contributed by atoms with Crippen LogP contribution in [0.4, 0.5) is 0 Å². The summed E-state index contributed by atoms with van der Waals surface area (Å²) in [4.78, 5) is 0. The first-order valence-corrected chi connectivity index (χ1v) is 3.12. The fourth-order valence-corrected chi connectivity index (χ4v) is 1.11. The Morgan fingerprint density at radius 2 is 1.75 bits per heavy atom. The molecule has 0 aromatic heterocycles. The van der Waals surface area contributed by atoms with Gasteiger partial charge in [0.15, 0.2) is 0 Å². The molecule has 0 aromatic rings. The van der Waals surface area contributed by atoms with Crippen molar-refractivity contribution in [2.24, 2.45) is 11.5 Å². The third-order valence-electron chi connectivity index (χ3n) is 1.54. The second kappa shape index (κ2) is 2.46. The van der Waals surface area contributed by atoms with E-state index in [-0.39, 0.29) is 18.5 Å². The molecule has 0 radical (unpaired) electrons. The van der Waals surface area contributed by atoms with Gasteiger partial charge in [0.05, 0.1) is 0 Å². The molecule has 1 aliphatic carbocycles. The molecule has 0 bridgehead atoms. The van der Waals surface area contributed by atoms with E-state index in [4.69, 9.17) is 12.8 Å². The van der Waals surface area contributed by atoms with E-state index >= 15 is 0 Å². The van der Waals surface area contributed by atoms with Crippen molar-refractivity contribution in [3.05, 3.63) is 0 Å². The zero-order valence-electron chi connectivity index (χ0n) is 6.01. The molecule has 0 heterocycles. The van der Waals surface area contributed by atoms with E-state index in [0.717, 1.165) is 19.3 Å². The molecule has 0 aliphatic heterocycles. The standard InChI is InChI=1S/C6H14N2/c7-5-2-1-3-6(8)4-5/h5-6H,1-4,7-8H2/i1D. The maximum Gasteiger partial charge on any atom is 0.0268 e. The first-order chi connectivity index (χ1) is 4.18. The summed E-state index contributed by atoms with van der Waals surface area (Å²) in [5.74, 6) is 0. The molecule has 2 heteroatoms. The highest BCUT2D eigenvalue weighted by Crippen LogP contribution is 2.14. The van der Waals surface area contributed by atoms with Gasteiger partial charge >= 0.3 is 0 Å². The van der Waals surface area contributed by atoms with Crippen molar-refractivity contribution in [2.45, 2.75) is 37.7 Å². The Morgan fingerprint density at radius 3 is 2.12 bits per heavy atom. The van der Waals surface area contributed by atoms with Gasteiger partial charge in [-0.1, -0.05) is 6.40 Å². The van der Waals surface area contributed by atoms with Gasteiger partial charge < -0.3 is 11.5 Å². The molecular weight excluding hydrogens is 100 g/mol. The highest BCUT2D eigenvalue weighted by molar-refractivity contribution is 4.76. The normalized spacial score (nSPS) is 50.8. The van der Waals surface area contributed by atoms with E-state index in [1.54, 1.807) is 0 Å². The van der Waals surface area contributed by atoms with E-state index in [2.05, 4.69) is 0 Å². The molecule has 0 aromatic carbocycles. The number of hydrogen-bond acceptors (Lipinski definition) is 2. The summed E-state index contributed by atoms with van der Waals surface area (Å²) in [6.45, 7) is 0. The molecule has 1 aliphatic rings. The summed E-state index contributed by atoms with van der Waals surface area (Å²) < 4.78 is 7.37. The minimum Gasteiger partial charge on any atom is -0.328 e. The molecular formula is C6H14N2. The largest absolute Gasteiger partial charge is 0.328 e. The molecule has 1 fully saturated rings. The minimum atomic E-state index is -0.0104. The highest BCUT2D eigenvalue weighted by Gasteiger charge is 2.14. The molecule has 8 heavy (non-hydrogen) atoms. The van der Waals surface area contributed by atoms with Crippen molar-refractivity contribution in [2.75, 3.05) is 0 Å². The predicted molar refractivity (Wildman–Crippen MR) is 34.4 cm³/mol. The molecule has 0 saturated heterocycles. The SMILES string of the molecule is [2H]C1CC(N)CC(N)C1. The molecule has 2 unspecified atom stereocenters. The van der Waals surface area contributed by atoms with Gasteiger partial charge in [-0.05, 0) is 19.3 Å². The van der Waals surface area contributed by atoms with Crippen LogP contribution in [0, 0.1) is 0 Å². The molecule has 1 rings (SSSR count). The zero-order valence-corrected chi connectivity index (χ0v) is 5.01. The molecule has 48 valence electrons. The van der Waals surface area contributed by atoms with Crippen LogP contribution in [-0.4, -0.2) is 12.1 Å². The summed E-state index contributed by atoms with van der Waals surface area (Å²) >= 11 is 0. The quantitative estimate of drug-likeness (QED) is 0.474. The van der Waals surface area contributed by atoms with Crippen LogP contribution in [-0.2, 0) is 0 Å². The van der Waals surface area contributed by atoms with Crippen molar-refractivity contribution >= 4 is 0 Å². The predicted octanol–water partition coefficient (Wildman–Crippen LogP) is 0.215. The summed E-state index contributed by atoms with van der Waals surface area (Å²) in [7, 11) is 0. The van der Waals surface area contributed by atoms with Gasteiger partial charge in [-0.25, -0.2) is 0 Å². The van der Waals surface area contributed by atoms with Crippen molar-refractivity contribution < 1.29 is 1.37 Å². The summed E-state index contributed by atoms with van der Waals surface area (Å²) in [5, 5.41) is 0. The van der Waals surface area contributed by atoms with Gasteiger partial charge in [0.1, 0.15) is 0 Å². The van der Waals surface area contributed by atoms with Crippen LogP contribution >= 0.6 is 0 Å². The fourth-order valence-electron chi connectivity index (χ4n) is 1.11. The lowest BCUT2D eigenvalue weighted by Crippen LogP contribution is -2.35. The van der Waals surface area contributed by atoms with Crippen LogP contribution in [0.15, 0.2) is 0 Å². The average Bonchev–Trinajstić information content (AvgIpc) is 1.59. The van der Waals surface area contributed by atoms with Gasteiger partial charge in [-0.2, -0.15) is 0 Å². The number of hydrogen-bond donors (Lipinski definition) is 2. The van der Waals surface area contributed by atoms with Crippen molar-refractivity contribution in [3.8, 4) is 0 Å². The van der Waals surface area contributed by atoms with Gasteiger partial charge in [0.2, 0.25) is 0 Å². The van der Waals surface area contributed by atoms with E-state index in [1.165, 1.54) is 0 Å². The van der Waals surface area contributed by atoms with Gasteiger partial charge in [0, 0.05) is 13.5 Å². The maximum atomic E-state index is 7.37. The average molecular weight is 115 g/mol. The van der Waals surface area contributed by atoms with E-state index in [0.29, 0.717) is 0 Å². The highest BCUT2D eigenvalue weighted by atomic mass is 14.7. The molecule has 2 atom stereocenters. The number of nitrogens with two attached hydrogens (primary N) is 2. The van der Waals surface area contributed by atoms with Crippen molar-refractivity contribution in [1.29, 1.82) is 0 Å². The third-order valence-corrected chi connectivity index (χ3v) is 1.54. The van der Waals surface area contributed by atoms with Gasteiger partial charge in [0.25, 0.3) is 0 Å². The number of rotatable bonds is 0. The maximum absolute atomic E-state index is 7.37. The molecule has 4 N–H and O–H groups in total. The van der Waals surface area contributed by atoms with Crippen LogP contribution in [0.3, 0.4) is 0 Å². The summed E-state index contributed by atoms with van der Waals surface area (Å²) in [6, 6.07) is 0.354. The Balaban J connectivity index is 2.34. The lowest BCUT2D eigenvalue weighted by molar-refractivity contribution is 0.392. The smallest absolute Gasteiger partial charge is 0.0268 e. The van der Waals surface area contributed by atoms with Crippen LogP contribution < -0.4 is 11.5 Å². The van der Waals surface area contributed by atoms with Crippen molar-refractivity contribution in [3.63, 3.8) is 0 Å². The first-order valence-electron chi connectivity index (χ1n) is 3.69. The summed E-state index contributed by atoms with van der Waals surface area (Å²) in [6.07, 6.45) is 2.54. The topological polar surface area (TPSA) is 52.0 Å². The van der Waals surface area contributed by atoms with Crippen LogP contribution in [0.5, 0.6) is 0 Å². The Hall–Kier alpha value is -0.0800. The van der Waals surface area contributed by atoms with Crippen LogP contribution in [0.1, 0.15) is 27.0 Å². The fraction of sp³-hybridized carbons (Fsp3) is 1.00. The Kier molecular flexibility index (Phi) is 1.47. The molecule has 0 spiro atoms. The lowest BCUT2D eigenvalue weighted by atomic mass is 9.92. The molecule has 2 nitrogen and oxygen atoms in total. The van der Waals surface area contributed by atoms with Crippen LogP contribution in [0.2, 0.25) is 0 Å². The minimum absolute atomic E-state index is 0.0104. The summed E-state index contributed by atoms with van der Waals surface area (Å²) in [5.41, 5.74) is 11.2. The Labute approximate surface area is 51.6 Å². The van der Waals surface area contributed by atoms with Gasteiger partial charge in [-0.15, -0.1) is 0 Å². The lowest BCUT2D eigenvalue weighted by Gasteiger charge is -2.22. The third kappa shape index (κ3) is 1.46. The Bertz CT molecular complexity index is 72.0. The second-order valence-electron chi connectivity index (χ2n) is 2.52. The van der Waals surface area contributed by atoms with Crippen LogP contribution in [0.25, 0.3) is 0 Å². The van der Waals surface area contributed by atoms with E-state index in [9.17, 15) is 0 Å². The van der Waals surface area contributed by atoms with Crippen molar-refractivity contribution in [1.82, 2.24) is 0 Å². The molecule has 0 amide bonds. The first kappa shape index (κ1) is 4.77.